The molecule has 150 valence electrons. The van der Waals surface area contributed by atoms with Crippen molar-refractivity contribution >= 4 is 34.1 Å². The highest BCUT2D eigenvalue weighted by atomic mass is 19.4. The lowest BCUT2D eigenvalue weighted by Gasteiger charge is -2.08. The molecule has 0 atom stereocenters. The van der Waals surface area contributed by atoms with Crippen LogP contribution in [0.25, 0.3) is 10.9 Å². The Kier molecular flexibility index (Phi) is 5.19. The van der Waals surface area contributed by atoms with Crippen molar-refractivity contribution in [2.24, 2.45) is 4.99 Å². The number of amides is 2. The summed E-state index contributed by atoms with van der Waals surface area (Å²) in [5.74, 6) is -4.69. The van der Waals surface area contributed by atoms with Crippen LogP contribution in [0.5, 0.6) is 0 Å². The molecule has 0 fully saturated rings. The molecule has 5 nitrogen and oxygen atoms in total. The second-order valence-corrected chi connectivity index (χ2v) is 6.05. The van der Waals surface area contributed by atoms with E-state index in [9.17, 15) is 31.5 Å². The van der Waals surface area contributed by atoms with E-state index in [0.29, 0.717) is 0 Å². The molecule has 2 aromatic carbocycles. The molecule has 1 aromatic heterocycles. The Bertz CT molecular complexity index is 1150. The number of aromatic amines is 1. The third-order valence-electron chi connectivity index (χ3n) is 4.04. The molecule has 0 radical (unpaired) electrons. The van der Waals surface area contributed by atoms with Crippen LogP contribution >= 0.6 is 0 Å². The first-order valence-corrected chi connectivity index (χ1v) is 8.10. The Morgan fingerprint density at radius 2 is 1.76 bits per heavy atom. The van der Waals surface area contributed by atoms with Crippen LogP contribution in [0.1, 0.15) is 18.1 Å². The molecule has 3 rings (SSSR count). The first kappa shape index (κ1) is 20.2. The molecule has 1 heterocycles. The Morgan fingerprint density at radius 1 is 1.07 bits per heavy atom. The number of hydrogen-bond acceptors (Lipinski definition) is 2. The molecule has 0 spiro atoms. The SMILES string of the molecule is CC(=NC(=O)C(=O)Nc1c[nH]c2cc(F)c(F)cc12)c1cccc(C(F)(F)F)c1. The summed E-state index contributed by atoms with van der Waals surface area (Å²) in [5.41, 5.74) is -0.789. The van der Waals surface area contributed by atoms with Crippen LogP contribution in [0.4, 0.5) is 27.6 Å². The Hall–Kier alpha value is -3.56. The summed E-state index contributed by atoms with van der Waals surface area (Å²) in [6.07, 6.45) is -3.33. The second-order valence-electron chi connectivity index (χ2n) is 6.05. The zero-order chi connectivity index (χ0) is 21.3. The lowest BCUT2D eigenvalue weighted by Crippen LogP contribution is -2.22. The van der Waals surface area contributed by atoms with Gasteiger partial charge in [0.05, 0.1) is 16.8 Å². The molecule has 0 aliphatic heterocycles. The van der Waals surface area contributed by atoms with Gasteiger partial charge in [-0.1, -0.05) is 12.1 Å². The van der Waals surface area contributed by atoms with Gasteiger partial charge in [-0.2, -0.15) is 13.2 Å². The Balaban J connectivity index is 1.80. The van der Waals surface area contributed by atoms with E-state index in [2.05, 4.69) is 15.3 Å². The fourth-order valence-corrected chi connectivity index (χ4v) is 2.58. The van der Waals surface area contributed by atoms with E-state index in [1.807, 2.05) is 0 Å². The van der Waals surface area contributed by atoms with E-state index < -0.39 is 35.2 Å². The molecule has 0 aliphatic carbocycles. The Morgan fingerprint density at radius 3 is 2.45 bits per heavy atom. The van der Waals surface area contributed by atoms with Crippen LogP contribution in [-0.2, 0) is 15.8 Å². The molecular weight excluding hydrogens is 397 g/mol. The molecule has 29 heavy (non-hydrogen) atoms. The summed E-state index contributed by atoms with van der Waals surface area (Å²) in [7, 11) is 0. The van der Waals surface area contributed by atoms with Gasteiger partial charge in [-0.3, -0.25) is 9.59 Å². The molecule has 0 saturated heterocycles. The number of rotatable bonds is 2. The highest BCUT2D eigenvalue weighted by molar-refractivity contribution is 6.42. The smallest absolute Gasteiger partial charge is 0.359 e. The number of benzene rings is 2. The molecule has 0 saturated carbocycles. The van der Waals surface area contributed by atoms with Crippen molar-refractivity contribution in [2.75, 3.05) is 5.32 Å². The van der Waals surface area contributed by atoms with Crippen LogP contribution in [0.3, 0.4) is 0 Å². The average Bonchev–Trinajstić information content (AvgIpc) is 3.03. The number of alkyl halides is 3. The number of aliphatic imine (C=N–C) groups is 1. The summed E-state index contributed by atoms with van der Waals surface area (Å²) in [6.45, 7) is 1.28. The third-order valence-corrected chi connectivity index (χ3v) is 4.04. The summed E-state index contributed by atoms with van der Waals surface area (Å²) < 4.78 is 65.0. The van der Waals surface area contributed by atoms with Crippen molar-refractivity contribution in [3.63, 3.8) is 0 Å². The number of nitrogens with one attached hydrogen (secondary N) is 2. The molecule has 0 aliphatic rings. The fraction of sp³-hybridized carbons (Fsp3) is 0.105. The van der Waals surface area contributed by atoms with Gasteiger partial charge in [-0.05, 0) is 30.7 Å². The van der Waals surface area contributed by atoms with Crippen LogP contribution in [0.15, 0.2) is 47.6 Å². The van der Waals surface area contributed by atoms with E-state index in [1.54, 1.807) is 0 Å². The maximum absolute atomic E-state index is 13.4. The largest absolute Gasteiger partial charge is 0.416 e. The zero-order valence-corrected chi connectivity index (χ0v) is 14.7. The van der Waals surface area contributed by atoms with Crippen LogP contribution < -0.4 is 5.32 Å². The highest BCUT2D eigenvalue weighted by Gasteiger charge is 2.30. The van der Waals surface area contributed by atoms with Gasteiger partial charge in [0.2, 0.25) is 0 Å². The van der Waals surface area contributed by atoms with Gasteiger partial charge in [-0.25, -0.2) is 13.8 Å². The van der Waals surface area contributed by atoms with Crippen LogP contribution in [0, 0.1) is 11.6 Å². The van der Waals surface area contributed by atoms with Crippen molar-refractivity contribution in [1.29, 1.82) is 0 Å². The first-order chi connectivity index (χ1) is 13.6. The summed E-state index contributed by atoms with van der Waals surface area (Å²) >= 11 is 0. The quantitative estimate of drug-likeness (QED) is 0.373. The van der Waals surface area contributed by atoms with Gasteiger partial charge in [0.25, 0.3) is 0 Å². The standard InChI is InChI=1S/C19H12F5N3O2/c1-9(10-3-2-4-11(5-10)19(22,23)24)26-17(28)18(29)27-16-8-25-15-7-14(21)13(20)6-12(15)16/h2-8,25H,1H3,(H,27,29). The topological polar surface area (TPSA) is 74.3 Å². The molecule has 10 heteroatoms. The van der Waals surface area contributed by atoms with Gasteiger partial charge >= 0.3 is 18.0 Å². The fourth-order valence-electron chi connectivity index (χ4n) is 2.58. The van der Waals surface area contributed by atoms with Crippen molar-refractivity contribution in [2.45, 2.75) is 13.1 Å². The summed E-state index contributed by atoms with van der Waals surface area (Å²) in [4.78, 5) is 30.2. The van der Waals surface area contributed by atoms with E-state index >= 15 is 0 Å². The van der Waals surface area contributed by atoms with Gasteiger partial charge in [0, 0.05) is 23.4 Å². The maximum Gasteiger partial charge on any atom is 0.416 e. The Labute approximate surface area is 160 Å². The molecule has 2 N–H and O–H groups in total. The molecule has 2 amide bonds. The second kappa shape index (κ2) is 7.46. The van der Waals surface area contributed by atoms with Gasteiger partial charge < -0.3 is 10.3 Å². The van der Waals surface area contributed by atoms with Crippen molar-refractivity contribution < 1.29 is 31.5 Å². The maximum atomic E-state index is 13.4. The highest BCUT2D eigenvalue weighted by Crippen LogP contribution is 2.29. The van der Waals surface area contributed by atoms with Crippen molar-refractivity contribution in [3.05, 3.63) is 65.4 Å². The van der Waals surface area contributed by atoms with Gasteiger partial charge in [0.15, 0.2) is 11.6 Å². The first-order valence-electron chi connectivity index (χ1n) is 8.10. The number of H-pyrrole nitrogens is 1. The monoisotopic (exact) mass is 409 g/mol. The number of fused-ring (bicyclic) bond motifs is 1. The molecule has 0 bridgehead atoms. The van der Waals surface area contributed by atoms with Crippen molar-refractivity contribution in [1.82, 2.24) is 4.98 Å². The molecular formula is C19H12F5N3O2. The lowest BCUT2D eigenvalue weighted by molar-refractivity contribution is -0.137. The zero-order valence-electron chi connectivity index (χ0n) is 14.7. The normalized spacial score (nSPS) is 12.3. The number of carbonyl (C=O) groups is 2. The van der Waals surface area contributed by atoms with Gasteiger partial charge in [0.1, 0.15) is 0 Å². The van der Waals surface area contributed by atoms with Crippen LogP contribution in [-0.4, -0.2) is 22.5 Å². The van der Waals surface area contributed by atoms with Gasteiger partial charge in [-0.15, -0.1) is 0 Å². The van der Waals surface area contributed by atoms with E-state index in [-0.39, 0.29) is 27.9 Å². The van der Waals surface area contributed by atoms with Crippen molar-refractivity contribution in [3.8, 4) is 0 Å². The molecule has 3 aromatic rings. The number of nitrogens with zero attached hydrogens (tertiary/aromatic N) is 1. The number of carbonyl (C=O) groups excluding carboxylic acids is 2. The summed E-state index contributed by atoms with van der Waals surface area (Å²) in [6, 6.07) is 5.87. The molecule has 0 unspecified atom stereocenters. The lowest BCUT2D eigenvalue weighted by atomic mass is 10.1. The minimum Gasteiger partial charge on any atom is -0.359 e. The predicted octanol–water partition coefficient (Wildman–Crippen LogP) is 4.44. The minimum absolute atomic E-state index is 0.0178. The minimum atomic E-state index is -4.57. The number of halogens is 5. The third kappa shape index (κ3) is 4.31. The predicted molar refractivity (Wildman–Crippen MR) is 95.5 cm³/mol. The number of anilines is 1. The van der Waals surface area contributed by atoms with E-state index in [4.69, 9.17) is 0 Å². The summed E-state index contributed by atoms with van der Waals surface area (Å²) in [5, 5.41) is 2.34. The number of aromatic nitrogens is 1. The van der Waals surface area contributed by atoms with Crippen LogP contribution in [0.2, 0.25) is 0 Å². The average molecular weight is 409 g/mol. The van der Waals surface area contributed by atoms with E-state index in [1.165, 1.54) is 19.2 Å². The number of hydrogen-bond donors (Lipinski definition) is 2. The van der Waals surface area contributed by atoms with E-state index in [0.717, 1.165) is 30.3 Å².